The van der Waals surface area contributed by atoms with Gasteiger partial charge < -0.3 is 47.7 Å². The van der Waals surface area contributed by atoms with Crippen molar-refractivity contribution in [2.75, 3.05) is 110 Å². The lowest BCUT2D eigenvalue weighted by Gasteiger charge is -2.30. The summed E-state index contributed by atoms with van der Waals surface area (Å²) < 4.78 is 45.9. The first kappa shape index (κ1) is 112. The fourth-order valence-corrected chi connectivity index (χ4v) is 16.7. The van der Waals surface area contributed by atoms with Gasteiger partial charge in [0.15, 0.2) is 0 Å². The summed E-state index contributed by atoms with van der Waals surface area (Å²) >= 11 is 2.36. The Labute approximate surface area is 719 Å². The second-order valence-corrected chi connectivity index (χ2v) is 37.4. The Morgan fingerprint density at radius 1 is 0.310 bits per heavy atom. The number of hydrogen-bond donors (Lipinski definition) is 0. The molecule has 0 aromatic heterocycles. The van der Waals surface area contributed by atoms with Crippen LogP contribution in [0.2, 0.25) is 0 Å². The van der Waals surface area contributed by atoms with E-state index in [1.807, 2.05) is 19.0 Å². The third kappa shape index (κ3) is 70.0. The van der Waals surface area contributed by atoms with Crippen molar-refractivity contribution >= 4 is 71.3 Å². The predicted octanol–water partition coefficient (Wildman–Crippen LogP) is 23.8. The Hall–Kier alpha value is -3.62. The summed E-state index contributed by atoms with van der Waals surface area (Å²) in [6, 6.07) is 0. The lowest BCUT2D eigenvalue weighted by atomic mass is 9.77. The van der Waals surface area contributed by atoms with Gasteiger partial charge >= 0.3 is 47.8 Å². The van der Waals surface area contributed by atoms with Crippen LogP contribution in [0.15, 0.2) is 0 Å². The monoisotopic (exact) mass is 1680 g/mol. The van der Waals surface area contributed by atoms with Gasteiger partial charge in [0.2, 0.25) is 0 Å². The molecule has 0 aromatic rings. The number of esters is 8. The molecule has 0 fully saturated rings. The first-order valence-electron chi connectivity index (χ1n) is 47.7. The van der Waals surface area contributed by atoms with E-state index in [0.717, 1.165) is 219 Å². The Morgan fingerprint density at radius 3 is 1.16 bits per heavy atom. The molecule has 0 radical (unpaired) electrons. The van der Waals surface area contributed by atoms with E-state index in [1.54, 1.807) is 0 Å². The number of nitrogens with zero attached hydrogens (tertiary/aromatic N) is 2. The summed E-state index contributed by atoms with van der Waals surface area (Å²) in [5.74, 6) is 2.49. The van der Waals surface area contributed by atoms with Gasteiger partial charge in [0.05, 0.1) is 75.2 Å². The lowest BCUT2D eigenvalue weighted by Crippen LogP contribution is -2.26. The van der Waals surface area contributed by atoms with Gasteiger partial charge in [0.1, 0.15) is 6.10 Å². The van der Waals surface area contributed by atoms with E-state index in [0.29, 0.717) is 125 Å². The van der Waals surface area contributed by atoms with Crippen molar-refractivity contribution in [3.05, 3.63) is 0 Å². The Morgan fingerprint density at radius 2 is 0.716 bits per heavy atom. The molecule has 18 nitrogen and oxygen atoms in total. The summed E-state index contributed by atoms with van der Waals surface area (Å²) in [5.41, 5.74) is 0. The topological polar surface area (TPSA) is 217 Å². The largest absolute Gasteiger partial charge is 0.465 e. The van der Waals surface area contributed by atoms with Crippen molar-refractivity contribution < 1.29 is 76.3 Å². The summed E-state index contributed by atoms with van der Waals surface area (Å²) in [7, 11) is 3.91. The zero-order chi connectivity index (χ0) is 86.0. The fraction of sp³-hybridized carbons (Fsp3) is 0.917. The van der Waals surface area contributed by atoms with E-state index in [1.165, 1.54) is 81.3 Å². The van der Waals surface area contributed by atoms with Gasteiger partial charge in [0.25, 0.3) is 0 Å². The number of ether oxygens (including phenoxy) is 8. The first-order chi connectivity index (χ1) is 55.9. The molecule has 0 aromatic carbocycles. The highest BCUT2D eigenvalue weighted by Gasteiger charge is 2.27. The predicted molar refractivity (Wildman–Crippen MR) is 482 cm³/mol. The maximum absolute atomic E-state index is 13.5. The van der Waals surface area contributed by atoms with Crippen molar-refractivity contribution in [3.63, 3.8) is 0 Å². The van der Waals surface area contributed by atoms with E-state index >= 15 is 0 Å². The highest BCUT2D eigenvalue weighted by Crippen LogP contribution is 2.35. The maximum Gasteiger partial charge on any atom is 0.315 e. The van der Waals surface area contributed by atoms with Crippen molar-refractivity contribution in [3.8, 4) is 0 Å². The minimum absolute atomic E-state index is 0.00739. The summed E-state index contributed by atoms with van der Waals surface area (Å²) in [6.07, 6.45) is 45.2. The Balaban J connectivity index is 5.10. The van der Waals surface area contributed by atoms with Crippen molar-refractivity contribution in [2.45, 2.75) is 398 Å². The molecule has 0 rings (SSSR count). The number of carbonyl (C=O) groups is 8. The number of unbranched alkanes of at least 4 members (excludes halogenated alkanes) is 18. The van der Waals surface area contributed by atoms with Crippen molar-refractivity contribution in [1.82, 2.24) is 9.80 Å². The molecule has 682 valence electrons. The van der Waals surface area contributed by atoms with Gasteiger partial charge in [-0.05, 0) is 190 Å². The first-order valence-corrected chi connectivity index (χ1v) is 50.0. The average molecular weight is 1680 g/mol. The van der Waals surface area contributed by atoms with E-state index in [-0.39, 0.29) is 90.3 Å². The van der Waals surface area contributed by atoms with E-state index < -0.39 is 18.0 Å². The van der Waals surface area contributed by atoms with Crippen LogP contribution in [0.1, 0.15) is 392 Å². The Kier molecular flexibility index (Phi) is 76.2. The third-order valence-corrected chi connectivity index (χ3v) is 24.9. The second kappa shape index (κ2) is 78.6. The fourth-order valence-electron chi connectivity index (χ4n) is 15.5. The number of carbonyl (C=O) groups excluding carboxylic acids is 8. The molecule has 7 unspecified atom stereocenters. The van der Waals surface area contributed by atoms with E-state index in [9.17, 15) is 38.4 Å². The molecule has 0 saturated heterocycles. The Bertz CT molecular complexity index is 2370. The van der Waals surface area contributed by atoms with Crippen LogP contribution in [0.25, 0.3) is 0 Å². The molecular formula is C96H180N2O16S2. The van der Waals surface area contributed by atoms with Crippen molar-refractivity contribution in [2.24, 2.45) is 59.2 Å². The highest BCUT2D eigenvalue weighted by atomic mass is 32.2. The molecule has 0 amide bonds. The minimum atomic E-state index is -0.444. The van der Waals surface area contributed by atoms with Crippen LogP contribution >= 0.6 is 23.5 Å². The van der Waals surface area contributed by atoms with Crippen LogP contribution in [-0.4, -0.2) is 173 Å². The van der Waals surface area contributed by atoms with Crippen molar-refractivity contribution in [1.29, 1.82) is 0 Å². The summed E-state index contributed by atoms with van der Waals surface area (Å²) in [6.45, 7) is 35.3. The van der Waals surface area contributed by atoms with Crippen LogP contribution in [0.3, 0.4) is 0 Å². The zero-order valence-electron chi connectivity index (χ0n) is 77.4. The third-order valence-electron chi connectivity index (χ3n) is 23.2. The molecule has 0 bridgehead atoms. The number of rotatable bonds is 84. The second-order valence-electron chi connectivity index (χ2n) is 35.4. The number of hydrogen-bond acceptors (Lipinski definition) is 20. The van der Waals surface area contributed by atoms with Crippen LogP contribution in [0.4, 0.5) is 0 Å². The van der Waals surface area contributed by atoms with Gasteiger partial charge in [0, 0.05) is 25.8 Å². The van der Waals surface area contributed by atoms with E-state index in [2.05, 4.69) is 94.9 Å². The molecule has 116 heavy (non-hydrogen) atoms. The van der Waals surface area contributed by atoms with Gasteiger partial charge in [-0.25, -0.2) is 0 Å². The van der Waals surface area contributed by atoms with Crippen LogP contribution < -0.4 is 0 Å². The molecule has 0 N–H and O–H groups in total. The smallest absolute Gasteiger partial charge is 0.315 e. The maximum atomic E-state index is 13.5. The molecule has 0 aliphatic heterocycles. The van der Waals surface area contributed by atoms with Crippen LogP contribution in [0.5, 0.6) is 0 Å². The lowest BCUT2D eigenvalue weighted by molar-refractivity contribution is -0.151. The normalized spacial score (nSPS) is 13.6. The van der Waals surface area contributed by atoms with Gasteiger partial charge in [-0.15, -0.1) is 23.5 Å². The van der Waals surface area contributed by atoms with Gasteiger partial charge in [-0.3, -0.25) is 38.4 Å². The summed E-state index contributed by atoms with van der Waals surface area (Å²) in [4.78, 5) is 107. The standard InChI is InChI=1S/C96H180N2O16S2/c1-16-22-35-47-82(48-36-23-17-2)61-68-109-94(104)76-115-74-92(102)107-65-43-52-88(114-91(101)56-42-63-97(14)15)53-44-66-108-93(103)75-116-77-95(105)110-69-62-83(49-37-24-18-3)71-84(46-19-4)70-81(13)87(60-58-79(9)10)73-113-90(100)55-41-34-30-26-28-32-39-51-85(96(106)111-67-45-64-98(20-5)21-6)50-38-31-27-25-29-33-40-54-89(99)112-72-86(80(11)12)59-57-78(7)8/h78-88H,16-77H2,1-15H3. The minimum Gasteiger partial charge on any atom is -0.465 e. The average Bonchev–Trinajstić information content (AvgIpc) is 0.895. The molecule has 0 aliphatic rings. The highest BCUT2D eigenvalue weighted by molar-refractivity contribution is 8.00. The zero-order valence-corrected chi connectivity index (χ0v) is 79.1. The molecule has 0 saturated carbocycles. The van der Waals surface area contributed by atoms with Gasteiger partial charge in [-0.1, -0.05) is 270 Å². The molecule has 7 atom stereocenters. The number of thioether (sulfide) groups is 2. The molecule has 0 aliphatic carbocycles. The molecule has 20 heteroatoms. The summed E-state index contributed by atoms with van der Waals surface area (Å²) in [5, 5.41) is 0. The van der Waals surface area contributed by atoms with Crippen LogP contribution in [-0.2, 0) is 76.3 Å². The quantitative estimate of drug-likeness (QED) is 0.0314. The SMILES string of the molecule is CCCCCC(CCCCC)CCOC(=O)CSCC(=O)OCCCC(CCCOC(=O)CSCC(=O)OCCC(CCCCC)CC(CCC)CC(C)C(CCC(C)C)COC(=O)CCCCCCCCCC(CCCCCCCCCC(=O)OCC(CCC(C)C)C(C)C)C(=O)OCCCN(CC)CC)OC(=O)CCCN(C)C. The van der Waals surface area contributed by atoms with Crippen LogP contribution in [0, 0.1) is 59.2 Å². The van der Waals surface area contributed by atoms with Gasteiger partial charge in [-0.2, -0.15) is 0 Å². The molecular weight excluding hydrogens is 1500 g/mol. The van der Waals surface area contributed by atoms with E-state index in [4.69, 9.17) is 37.9 Å². The molecule has 0 heterocycles. The molecule has 0 spiro atoms.